The molecule has 0 spiro atoms. The van der Waals surface area contributed by atoms with Crippen LogP contribution in [0.25, 0.3) is 0 Å². The number of ether oxygens (including phenoxy) is 2. The number of likely N-dealkylation sites (tertiary alicyclic amines) is 1. The van der Waals surface area contributed by atoms with Crippen LogP contribution in [0.5, 0.6) is 0 Å². The topological polar surface area (TPSA) is 54.9 Å². The van der Waals surface area contributed by atoms with E-state index in [9.17, 15) is 4.79 Å². The van der Waals surface area contributed by atoms with Crippen molar-refractivity contribution in [2.75, 3.05) is 46.5 Å². The molecule has 0 aliphatic carbocycles. The van der Waals surface area contributed by atoms with Crippen LogP contribution in [0.2, 0.25) is 0 Å². The first-order valence-corrected chi connectivity index (χ1v) is 9.26. The van der Waals surface area contributed by atoms with E-state index < -0.39 is 0 Å². The Morgan fingerprint density at radius 1 is 1.28 bits per heavy atom. The van der Waals surface area contributed by atoms with Crippen LogP contribution in [0.15, 0.2) is 24.5 Å². The molecular formula is C19H29N3O3. The fraction of sp³-hybridized carbons (Fsp3) is 0.684. The summed E-state index contributed by atoms with van der Waals surface area (Å²) >= 11 is 0. The summed E-state index contributed by atoms with van der Waals surface area (Å²) in [6.45, 7) is 6.73. The molecule has 25 heavy (non-hydrogen) atoms. The molecule has 2 saturated heterocycles. The number of esters is 1. The first kappa shape index (κ1) is 18.3. The zero-order valence-corrected chi connectivity index (χ0v) is 15.1. The Balaban J connectivity index is 1.62. The fourth-order valence-corrected chi connectivity index (χ4v) is 4.06. The lowest BCUT2D eigenvalue weighted by Crippen LogP contribution is -2.53. The smallest absolute Gasteiger partial charge is 0.305 e. The Labute approximate surface area is 150 Å². The highest BCUT2D eigenvalue weighted by atomic mass is 16.5. The molecule has 138 valence electrons. The second kappa shape index (κ2) is 9.27. The van der Waals surface area contributed by atoms with E-state index in [2.05, 4.69) is 26.9 Å². The number of hydrogen-bond acceptors (Lipinski definition) is 6. The van der Waals surface area contributed by atoms with Crippen molar-refractivity contribution < 1.29 is 14.3 Å². The molecule has 0 N–H and O–H groups in total. The van der Waals surface area contributed by atoms with Crippen LogP contribution in [0, 0.1) is 5.92 Å². The van der Waals surface area contributed by atoms with E-state index in [1.54, 1.807) is 0 Å². The van der Waals surface area contributed by atoms with Crippen molar-refractivity contribution in [3.8, 4) is 0 Å². The van der Waals surface area contributed by atoms with Gasteiger partial charge in [0.05, 0.1) is 20.3 Å². The number of morpholine rings is 1. The molecule has 0 unspecified atom stereocenters. The summed E-state index contributed by atoms with van der Waals surface area (Å²) in [6, 6.07) is 4.71. The number of hydrogen-bond donors (Lipinski definition) is 0. The number of methoxy groups -OCH3 is 1. The van der Waals surface area contributed by atoms with Crippen LogP contribution in [0.3, 0.4) is 0 Å². The molecule has 2 aliphatic heterocycles. The van der Waals surface area contributed by atoms with Gasteiger partial charge in [-0.1, -0.05) is 0 Å². The van der Waals surface area contributed by atoms with E-state index in [1.165, 1.54) is 12.7 Å². The lowest BCUT2D eigenvalue weighted by atomic mass is 9.86. The third kappa shape index (κ3) is 5.23. The molecule has 0 aromatic carbocycles. The normalized spacial score (nSPS) is 25.6. The van der Waals surface area contributed by atoms with Crippen LogP contribution < -0.4 is 0 Å². The molecule has 0 radical (unpaired) electrons. The molecule has 6 nitrogen and oxygen atoms in total. The van der Waals surface area contributed by atoms with Crippen LogP contribution in [0.4, 0.5) is 0 Å². The van der Waals surface area contributed by atoms with E-state index in [0.717, 1.165) is 58.8 Å². The van der Waals surface area contributed by atoms with Gasteiger partial charge in [-0.2, -0.15) is 0 Å². The molecule has 0 bridgehead atoms. The zero-order valence-electron chi connectivity index (χ0n) is 15.1. The van der Waals surface area contributed by atoms with Crippen molar-refractivity contribution in [2.45, 2.75) is 31.8 Å². The lowest BCUT2D eigenvalue weighted by molar-refractivity contribution is -0.141. The van der Waals surface area contributed by atoms with Crippen LogP contribution >= 0.6 is 0 Å². The van der Waals surface area contributed by atoms with Crippen molar-refractivity contribution in [1.29, 1.82) is 0 Å². The first-order valence-electron chi connectivity index (χ1n) is 9.26. The highest BCUT2D eigenvalue weighted by Crippen LogP contribution is 2.28. The second-order valence-electron chi connectivity index (χ2n) is 6.97. The molecule has 2 atom stereocenters. The second-order valence-corrected chi connectivity index (χ2v) is 6.97. The van der Waals surface area contributed by atoms with Crippen molar-refractivity contribution >= 4 is 5.97 Å². The summed E-state index contributed by atoms with van der Waals surface area (Å²) in [5, 5.41) is 0. The molecule has 2 aliphatic rings. The van der Waals surface area contributed by atoms with Gasteiger partial charge in [0.2, 0.25) is 0 Å². The molecule has 1 aromatic rings. The summed E-state index contributed by atoms with van der Waals surface area (Å²) in [6.07, 6.45) is 6.25. The summed E-state index contributed by atoms with van der Waals surface area (Å²) in [4.78, 5) is 20.8. The summed E-state index contributed by atoms with van der Waals surface area (Å²) in [5.74, 6) is 0.389. The summed E-state index contributed by atoms with van der Waals surface area (Å²) < 4.78 is 10.4. The van der Waals surface area contributed by atoms with Gasteiger partial charge in [0.15, 0.2) is 0 Å². The quantitative estimate of drug-likeness (QED) is 0.728. The molecule has 6 heteroatoms. The van der Waals surface area contributed by atoms with Crippen molar-refractivity contribution in [3.63, 3.8) is 0 Å². The number of aromatic nitrogens is 1. The fourth-order valence-electron chi connectivity index (χ4n) is 4.06. The molecule has 1 aromatic heterocycles. The number of carbonyl (C=O) groups excluding carboxylic acids is 1. The van der Waals surface area contributed by atoms with Gasteiger partial charge in [0, 0.05) is 51.0 Å². The van der Waals surface area contributed by atoms with E-state index in [1.807, 2.05) is 12.4 Å². The molecular weight excluding hydrogens is 318 g/mol. The standard InChI is InChI=1S/C19H29N3O3/c1-24-19(23)3-2-17-15-21(14-16-4-7-20-8-5-16)9-6-18(17)22-10-12-25-13-11-22/h4-5,7-8,17-18H,2-3,6,9-15H2,1H3/t17-,18+/m0/s1. The lowest BCUT2D eigenvalue weighted by Gasteiger charge is -2.45. The minimum absolute atomic E-state index is 0.105. The van der Waals surface area contributed by atoms with Crippen molar-refractivity contribution in [1.82, 2.24) is 14.8 Å². The van der Waals surface area contributed by atoms with Crippen LogP contribution in [0.1, 0.15) is 24.8 Å². The van der Waals surface area contributed by atoms with Gasteiger partial charge >= 0.3 is 5.97 Å². The summed E-state index contributed by atoms with van der Waals surface area (Å²) in [5.41, 5.74) is 1.30. The van der Waals surface area contributed by atoms with Gasteiger partial charge in [-0.15, -0.1) is 0 Å². The van der Waals surface area contributed by atoms with Gasteiger partial charge in [-0.25, -0.2) is 0 Å². The Kier molecular flexibility index (Phi) is 6.78. The number of carbonyl (C=O) groups is 1. The Morgan fingerprint density at radius 2 is 2.04 bits per heavy atom. The first-order chi connectivity index (χ1) is 12.3. The average molecular weight is 347 g/mol. The molecule has 3 rings (SSSR count). The Bertz CT molecular complexity index is 534. The van der Waals surface area contributed by atoms with E-state index >= 15 is 0 Å². The number of nitrogens with zero attached hydrogens (tertiary/aromatic N) is 3. The molecule has 3 heterocycles. The highest BCUT2D eigenvalue weighted by Gasteiger charge is 2.34. The summed E-state index contributed by atoms with van der Waals surface area (Å²) in [7, 11) is 1.47. The number of rotatable bonds is 6. The van der Waals surface area contributed by atoms with Gasteiger partial charge in [-0.3, -0.25) is 19.6 Å². The maximum Gasteiger partial charge on any atom is 0.305 e. The number of pyridine rings is 1. The molecule has 2 fully saturated rings. The van der Waals surface area contributed by atoms with Gasteiger partial charge in [-0.05, 0) is 43.0 Å². The van der Waals surface area contributed by atoms with Crippen LogP contribution in [-0.2, 0) is 20.8 Å². The maximum atomic E-state index is 11.6. The number of piperidine rings is 1. The third-order valence-corrected chi connectivity index (χ3v) is 5.40. The Morgan fingerprint density at radius 3 is 2.76 bits per heavy atom. The SMILES string of the molecule is COC(=O)CC[C@H]1CN(Cc2ccncc2)CC[C@H]1N1CCOCC1. The van der Waals surface area contributed by atoms with Crippen molar-refractivity contribution in [2.24, 2.45) is 5.92 Å². The molecule has 0 amide bonds. The van der Waals surface area contributed by atoms with Crippen molar-refractivity contribution in [3.05, 3.63) is 30.1 Å². The largest absolute Gasteiger partial charge is 0.469 e. The van der Waals surface area contributed by atoms with Crippen LogP contribution in [-0.4, -0.2) is 73.3 Å². The average Bonchev–Trinajstić information content (AvgIpc) is 2.67. The van der Waals surface area contributed by atoms with E-state index in [0.29, 0.717) is 18.4 Å². The zero-order chi connectivity index (χ0) is 17.5. The van der Waals surface area contributed by atoms with Gasteiger partial charge < -0.3 is 9.47 Å². The van der Waals surface area contributed by atoms with Gasteiger partial charge in [0.25, 0.3) is 0 Å². The maximum absolute atomic E-state index is 11.6. The van der Waals surface area contributed by atoms with Gasteiger partial charge in [0.1, 0.15) is 0 Å². The predicted molar refractivity (Wildman–Crippen MR) is 95.1 cm³/mol. The predicted octanol–water partition coefficient (Wildman–Crippen LogP) is 1.56. The molecule has 0 saturated carbocycles. The Hall–Kier alpha value is -1.50. The monoisotopic (exact) mass is 347 g/mol. The van der Waals surface area contributed by atoms with E-state index in [4.69, 9.17) is 9.47 Å². The highest BCUT2D eigenvalue weighted by molar-refractivity contribution is 5.69. The minimum Gasteiger partial charge on any atom is -0.469 e. The minimum atomic E-state index is -0.105. The third-order valence-electron chi connectivity index (χ3n) is 5.40. The van der Waals surface area contributed by atoms with E-state index in [-0.39, 0.29) is 5.97 Å².